The van der Waals surface area contributed by atoms with Crippen molar-refractivity contribution in [1.82, 2.24) is 4.98 Å². The van der Waals surface area contributed by atoms with E-state index in [4.69, 9.17) is 4.74 Å². The summed E-state index contributed by atoms with van der Waals surface area (Å²) in [5, 5.41) is 6.06. The summed E-state index contributed by atoms with van der Waals surface area (Å²) in [4.78, 5) is 28.4. The molecule has 148 valence electrons. The Morgan fingerprint density at radius 1 is 0.862 bits per heavy atom. The zero-order valence-electron chi connectivity index (χ0n) is 16.4. The smallest absolute Gasteiger partial charge is 0.338 e. The number of esters is 1. The highest BCUT2D eigenvalue weighted by molar-refractivity contribution is 6.04. The van der Waals surface area contributed by atoms with Crippen molar-refractivity contribution in [2.24, 2.45) is 0 Å². The molecule has 0 aliphatic rings. The predicted molar refractivity (Wildman–Crippen MR) is 114 cm³/mol. The van der Waals surface area contributed by atoms with Gasteiger partial charge >= 0.3 is 5.97 Å². The molecule has 0 atom stereocenters. The second-order valence-corrected chi connectivity index (χ2v) is 6.39. The van der Waals surface area contributed by atoms with Crippen LogP contribution in [0.15, 0.2) is 67.0 Å². The largest absolute Gasteiger partial charge is 0.462 e. The second-order valence-electron chi connectivity index (χ2n) is 6.39. The van der Waals surface area contributed by atoms with Gasteiger partial charge in [-0.15, -0.1) is 0 Å². The highest BCUT2D eigenvalue weighted by atomic mass is 16.5. The lowest BCUT2D eigenvalue weighted by molar-refractivity contribution is 0.0526. The maximum absolute atomic E-state index is 12.5. The van der Waals surface area contributed by atoms with Gasteiger partial charge in [-0.05, 0) is 61.4 Å². The molecule has 0 saturated carbocycles. The highest BCUT2D eigenvalue weighted by Crippen LogP contribution is 2.19. The fourth-order valence-electron chi connectivity index (χ4n) is 2.73. The van der Waals surface area contributed by atoms with Crippen molar-refractivity contribution in [3.8, 4) is 0 Å². The molecule has 0 radical (unpaired) electrons. The standard InChI is InChI=1S/C23H23N3O3/c1-3-16-5-9-20(10-6-16)26-22(27)18-13-21(15-24-14-18)25-19-11-7-17(8-12-19)23(28)29-4-2/h5-15,25H,3-4H2,1-2H3,(H,26,27). The number of pyridine rings is 1. The van der Waals surface area contributed by atoms with Crippen LogP contribution in [-0.2, 0) is 11.2 Å². The number of nitrogens with one attached hydrogen (secondary N) is 2. The van der Waals surface area contributed by atoms with Crippen LogP contribution in [0.25, 0.3) is 0 Å². The Morgan fingerprint density at radius 3 is 2.21 bits per heavy atom. The van der Waals surface area contributed by atoms with Gasteiger partial charge in [-0.25, -0.2) is 4.79 Å². The Hall–Kier alpha value is -3.67. The van der Waals surface area contributed by atoms with E-state index >= 15 is 0 Å². The average molecular weight is 389 g/mol. The third-order valence-corrected chi connectivity index (χ3v) is 4.31. The summed E-state index contributed by atoms with van der Waals surface area (Å²) in [6.07, 6.45) is 4.10. The zero-order valence-corrected chi connectivity index (χ0v) is 16.4. The first-order chi connectivity index (χ1) is 14.1. The molecule has 29 heavy (non-hydrogen) atoms. The van der Waals surface area contributed by atoms with Crippen molar-refractivity contribution in [3.63, 3.8) is 0 Å². The van der Waals surface area contributed by atoms with Gasteiger partial charge in [0.2, 0.25) is 0 Å². The number of aromatic nitrogens is 1. The predicted octanol–water partition coefficient (Wildman–Crippen LogP) is 4.82. The van der Waals surface area contributed by atoms with Crippen LogP contribution in [-0.4, -0.2) is 23.5 Å². The minimum Gasteiger partial charge on any atom is -0.462 e. The number of amides is 1. The molecule has 0 aliphatic heterocycles. The summed E-state index contributed by atoms with van der Waals surface area (Å²) >= 11 is 0. The quantitative estimate of drug-likeness (QED) is 0.567. The number of benzene rings is 2. The number of hydrogen-bond donors (Lipinski definition) is 2. The minimum atomic E-state index is -0.355. The first-order valence-electron chi connectivity index (χ1n) is 9.48. The van der Waals surface area contributed by atoms with Gasteiger partial charge in [-0.1, -0.05) is 19.1 Å². The van der Waals surface area contributed by atoms with Crippen LogP contribution in [0.1, 0.15) is 40.1 Å². The van der Waals surface area contributed by atoms with E-state index in [2.05, 4.69) is 22.5 Å². The molecule has 0 bridgehead atoms. The molecule has 6 heteroatoms. The van der Waals surface area contributed by atoms with E-state index in [1.165, 1.54) is 11.8 Å². The molecule has 0 unspecified atom stereocenters. The van der Waals surface area contributed by atoms with Crippen LogP contribution in [0.5, 0.6) is 0 Å². The van der Waals surface area contributed by atoms with Crippen molar-refractivity contribution in [2.75, 3.05) is 17.2 Å². The monoisotopic (exact) mass is 389 g/mol. The van der Waals surface area contributed by atoms with Gasteiger partial charge in [0.15, 0.2) is 0 Å². The molecule has 0 saturated heterocycles. The lowest BCUT2D eigenvalue weighted by Crippen LogP contribution is -2.12. The fraction of sp³-hybridized carbons (Fsp3) is 0.174. The van der Waals surface area contributed by atoms with Crippen molar-refractivity contribution in [2.45, 2.75) is 20.3 Å². The molecule has 3 rings (SSSR count). The van der Waals surface area contributed by atoms with Crippen LogP contribution in [0, 0.1) is 0 Å². The molecule has 1 aromatic heterocycles. The normalized spacial score (nSPS) is 10.3. The lowest BCUT2D eigenvalue weighted by Gasteiger charge is -2.10. The number of rotatable bonds is 7. The number of aryl methyl sites for hydroxylation is 1. The highest BCUT2D eigenvalue weighted by Gasteiger charge is 2.09. The van der Waals surface area contributed by atoms with Gasteiger partial charge in [0.1, 0.15) is 0 Å². The lowest BCUT2D eigenvalue weighted by atomic mass is 10.1. The molecule has 2 aromatic carbocycles. The van der Waals surface area contributed by atoms with E-state index in [1.54, 1.807) is 43.5 Å². The minimum absolute atomic E-state index is 0.233. The number of ether oxygens (including phenoxy) is 1. The third kappa shape index (κ3) is 5.42. The van der Waals surface area contributed by atoms with Crippen molar-refractivity contribution in [3.05, 3.63) is 83.7 Å². The van der Waals surface area contributed by atoms with E-state index in [-0.39, 0.29) is 11.9 Å². The van der Waals surface area contributed by atoms with Crippen LogP contribution in [0.3, 0.4) is 0 Å². The first-order valence-corrected chi connectivity index (χ1v) is 9.48. The Labute approximate surface area is 169 Å². The van der Waals surface area contributed by atoms with Gasteiger partial charge in [-0.2, -0.15) is 0 Å². The van der Waals surface area contributed by atoms with Crippen molar-refractivity contribution >= 4 is 28.9 Å². The van der Waals surface area contributed by atoms with Gasteiger partial charge in [-0.3, -0.25) is 9.78 Å². The molecular formula is C23H23N3O3. The molecule has 0 spiro atoms. The summed E-state index contributed by atoms with van der Waals surface area (Å²) in [5.74, 6) is -0.589. The summed E-state index contributed by atoms with van der Waals surface area (Å²) in [6.45, 7) is 4.19. The Bertz CT molecular complexity index is 983. The zero-order chi connectivity index (χ0) is 20.6. The maximum atomic E-state index is 12.5. The van der Waals surface area contributed by atoms with E-state index in [1.807, 2.05) is 24.3 Å². The molecule has 1 heterocycles. The molecule has 0 aliphatic carbocycles. The van der Waals surface area contributed by atoms with Crippen LogP contribution < -0.4 is 10.6 Å². The first kappa shape index (κ1) is 20.1. The summed E-state index contributed by atoms with van der Waals surface area (Å²) in [6, 6.07) is 16.4. The maximum Gasteiger partial charge on any atom is 0.338 e. The van der Waals surface area contributed by atoms with Crippen LogP contribution in [0.4, 0.5) is 17.1 Å². The Kier molecular flexibility index (Phi) is 6.58. The molecule has 0 fully saturated rings. The third-order valence-electron chi connectivity index (χ3n) is 4.31. The van der Waals surface area contributed by atoms with Crippen LogP contribution in [0.2, 0.25) is 0 Å². The van der Waals surface area contributed by atoms with E-state index in [0.29, 0.717) is 23.4 Å². The molecule has 3 aromatic rings. The van der Waals surface area contributed by atoms with Crippen molar-refractivity contribution < 1.29 is 14.3 Å². The topological polar surface area (TPSA) is 80.3 Å². The molecule has 2 N–H and O–H groups in total. The molecule has 1 amide bonds. The van der Waals surface area contributed by atoms with Gasteiger partial charge in [0.25, 0.3) is 5.91 Å². The van der Waals surface area contributed by atoms with Gasteiger partial charge in [0.05, 0.1) is 29.6 Å². The number of anilines is 3. The number of nitrogens with zero attached hydrogens (tertiary/aromatic N) is 1. The second kappa shape index (κ2) is 9.50. The number of carbonyl (C=O) groups excluding carboxylic acids is 2. The molecule has 6 nitrogen and oxygen atoms in total. The van der Waals surface area contributed by atoms with Crippen molar-refractivity contribution in [1.29, 1.82) is 0 Å². The van der Waals surface area contributed by atoms with Gasteiger partial charge in [0, 0.05) is 17.6 Å². The SMILES string of the molecule is CCOC(=O)c1ccc(Nc2cncc(C(=O)Nc3ccc(CC)cc3)c2)cc1. The Balaban J connectivity index is 1.67. The summed E-state index contributed by atoms with van der Waals surface area (Å²) in [7, 11) is 0. The fourth-order valence-corrected chi connectivity index (χ4v) is 2.73. The van der Waals surface area contributed by atoms with Gasteiger partial charge < -0.3 is 15.4 Å². The Morgan fingerprint density at radius 2 is 1.55 bits per heavy atom. The average Bonchev–Trinajstić information content (AvgIpc) is 2.75. The van der Waals surface area contributed by atoms with E-state index in [9.17, 15) is 9.59 Å². The molecular weight excluding hydrogens is 366 g/mol. The summed E-state index contributed by atoms with van der Waals surface area (Å²) < 4.78 is 4.98. The summed E-state index contributed by atoms with van der Waals surface area (Å²) in [5.41, 5.74) is 4.32. The number of hydrogen-bond acceptors (Lipinski definition) is 5. The van der Waals surface area contributed by atoms with E-state index < -0.39 is 0 Å². The van der Waals surface area contributed by atoms with E-state index in [0.717, 1.165) is 17.8 Å². The van der Waals surface area contributed by atoms with Crippen LogP contribution >= 0.6 is 0 Å². The number of carbonyl (C=O) groups is 2.